The summed E-state index contributed by atoms with van der Waals surface area (Å²) in [5, 5.41) is 12.1. The lowest BCUT2D eigenvalue weighted by atomic mass is 10.0. The average Bonchev–Trinajstić information content (AvgIpc) is 3.08. The molecule has 5 heteroatoms. The van der Waals surface area contributed by atoms with Crippen molar-refractivity contribution in [3.63, 3.8) is 0 Å². The predicted molar refractivity (Wildman–Crippen MR) is 66.1 cm³/mol. The minimum absolute atomic E-state index is 0.457. The molecule has 0 bridgehead atoms. The van der Waals surface area contributed by atoms with E-state index in [1.807, 2.05) is 6.92 Å². The largest absolute Gasteiger partial charge is 0.480 e. The maximum atomic E-state index is 11.0. The van der Waals surface area contributed by atoms with Gasteiger partial charge >= 0.3 is 5.97 Å². The first kappa shape index (κ1) is 12.6. The number of hydrogen-bond donors (Lipinski definition) is 3. The third-order valence-electron chi connectivity index (χ3n) is 3.40. The summed E-state index contributed by atoms with van der Waals surface area (Å²) >= 11 is 0. The zero-order valence-corrected chi connectivity index (χ0v) is 10.2. The summed E-state index contributed by atoms with van der Waals surface area (Å²) < 4.78 is 0. The van der Waals surface area contributed by atoms with Gasteiger partial charge in [-0.2, -0.15) is 0 Å². The Hall–Kier alpha value is -1.88. The third-order valence-corrected chi connectivity index (χ3v) is 3.40. The monoisotopic (exact) mass is 248 g/mol. The molecule has 1 aliphatic carbocycles. The molecule has 4 N–H and O–H groups in total. The Kier molecular flexibility index (Phi) is 3.09. The summed E-state index contributed by atoms with van der Waals surface area (Å²) in [5.41, 5.74) is 6.83. The maximum absolute atomic E-state index is 11.0. The standard InChI is InChI=1S/C13H16N2O3/c1-8-6-9(11(14)16)2-3-10(8)7-15-13(4-5-13)12(17)18/h2-3,6,15H,4-5,7H2,1H3,(H2,14,16)(H,17,18). The summed E-state index contributed by atoms with van der Waals surface area (Å²) in [5.74, 6) is -1.25. The molecule has 1 saturated carbocycles. The molecule has 0 heterocycles. The van der Waals surface area contributed by atoms with Crippen molar-refractivity contribution in [1.82, 2.24) is 5.32 Å². The Morgan fingerprint density at radius 1 is 1.44 bits per heavy atom. The fourth-order valence-corrected chi connectivity index (χ4v) is 1.90. The predicted octanol–water partition coefficient (Wildman–Crippen LogP) is 0.801. The summed E-state index contributed by atoms with van der Waals surface area (Å²) in [6.45, 7) is 2.36. The van der Waals surface area contributed by atoms with Crippen LogP contribution in [0, 0.1) is 6.92 Å². The number of rotatable bonds is 5. The van der Waals surface area contributed by atoms with Crippen LogP contribution in [0.3, 0.4) is 0 Å². The van der Waals surface area contributed by atoms with Crippen molar-refractivity contribution in [3.8, 4) is 0 Å². The first-order valence-corrected chi connectivity index (χ1v) is 5.82. The Bertz CT molecular complexity index is 507. The first-order valence-electron chi connectivity index (χ1n) is 5.82. The molecule has 5 nitrogen and oxygen atoms in total. The summed E-state index contributed by atoms with van der Waals surface area (Å²) in [7, 11) is 0. The zero-order chi connectivity index (χ0) is 13.3. The van der Waals surface area contributed by atoms with Crippen LogP contribution in [0.5, 0.6) is 0 Å². The lowest BCUT2D eigenvalue weighted by Gasteiger charge is -2.14. The summed E-state index contributed by atoms with van der Waals surface area (Å²) in [4.78, 5) is 22.0. The van der Waals surface area contributed by atoms with Crippen LogP contribution in [-0.2, 0) is 11.3 Å². The van der Waals surface area contributed by atoms with Crippen LogP contribution in [-0.4, -0.2) is 22.5 Å². The van der Waals surface area contributed by atoms with Crippen LogP contribution in [0.4, 0.5) is 0 Å². The van der Waals surface area contributed by atoms with Crippen molar-refractivity contribution in [1.29, 1.82) is 0 Å². The second kappa shape index (κ2) is 4.42. The van der Waals surface area contributed by atoms with Gasteiger partial charge in [-0.15, -0.1) is 0 Å². The molecule has 2 rings (SSSR count). The lowest BCUT2D eigenvalue weighted by Crippen LogP contribution is -2.38. The number of carboxylic acids is 1. The number of benzene rings is 1. The minimum atomic E-state index is -0.797. The number of carboxylic acid groups (broad SMARTS) is 1. The molecule has 0 aliphatic heterocycles. The molecule has 0 aromatic heterocycles. The van der Waals surface area contributed by atoms with Gasteiger partial charge in [0.05, 0.1) is 0 Å². The van der Waals surface area contributed by atoms with E-state index in [9.17, 15) is 9.59 Å². The minimum Gasteiger partial charge on any atom is -0.480 e. The number of nitrogens with two attached hydrogens (primary N) is 1. The van der Waals surface area contributed by atoms with Gasteiger partial charge in [-0.3, -0.25) is 14.9 Å². The van der Waals surface area contributed by atoms with E-state index in [1.165, 1.54) is 0 Å². The van der Waals surface area contributed by atoms with Crippen LogP contribution in [0.2, 0.25) is 0 Å². The molecule has 0 spiro atoms. The van der Waals surface area contributed by atoms with Gasteiger partial charge in [-0.1, -0.05) is 6.07 Å². The summed E-state index contributed by atoms with van der Waals surface area (Å²) in [6.07, 6.45) is 1.33. The van der Waals surface area contributed by atoms with Crippen LogP contribution < -0.4 is 11.1 Å². The van der Waals surface area contributed by atoms with Gasteiger partial charge in [0.1, 0.15) is 5.54 Å². The van der Waals surface area contributed by atoms with Crippen LogP contribution in [0.15, 0.2) is 18.2 Å². The van der Waals surface area contributed by atoms with Crippen molar-refractivity contribution in [2.45, 2.75) is 31.8 Å². The van der Waals surface area contributed by atoms with E-state index in [1.54, 1.807) is 18.2 Å². The molecule has 0 atom stereocenters. The van der Waals surface area contributed by atoms with E-state index in [2.05, 4.69) is 5.32 Å². The fourth-order valence-electron chi connectivity index (χ4n) is 1.90. The zero-order valence-electron chi connectivity index (χ0n) is 10.2. The highest BCUT2D eigenvalue weighted by molar-refractivity contribution is 5.93. The number of nitrogens with one attached hydrogen (secondary N) is 1. The number of aryl methyl sites for hydroxylation is 1. The average molecular weight is 248 g/mol. The van der Waals surface area contributed by atoms with Gasteiger partial charge in [-0.05, 0) is 43.0 Å². The van der Waals surface area contributed by atoms with Gasteiger partial charge in [0, 0.05) is 12.1 Å². The second-order valence-corrected chi connectivity index (χ2v) is 4.75. The second-order valence-electron chi connectivity index (χ2n) is 4.75. The van der Waals surface area contributed by atoms with Crippen LogP contribution in [0.25, 0.3) is 0 Å². The van der Waals surface area contributed by atoms with Crippen molar-refractivity contribution < 1.29 is 14.7 Å². The smallest absolute Gasteiger partial charge is 0.323 e. The molecule has 0 saturated heterocycles. The highest BCUT2D eigenvalue weighted by Gasteiger charge is 2.49. The molecule has 1 aliphatic rings. The van der Waals surface area contributed by atoms with Crippen molar-refractivity contribution in [3.05, 3.63) is 34.9 Å². The molecule has 0 radical (unpaired) electrons. The van der Waals surface area contributed by atoms with E-state index < -0.39 is 17.4 Å². The SMILES string of the molecule is Cc1cc(C(N)=O)ccc1CNC1(C(=O)O)CC1. The van der Waals surface area contributed by atoms with Crippen molar-refractivity contribution in [2.24, 2.45) is 5.73 Å². The molecule has 1 aromatic rings. The van der Waals surface area contributed by atoms with E-state index in [4.69, 9.17) is 10.8 Å². The van der Waals surface area contributed by atoms with Crippen LogP contribution in [0.1, 0.15) is 34.3 Å². The number of carbonyl (C=O) groups excluding carboxylic acids is 1. The van der Waals surface area contributed by atoms with E-state index in [0.29, 0.717) is 24.9 Å². The van der Waals surface area contributed by atoms with Crippen molar-refractivity contribution in [2.75, 3.05) is 0 Å². The van der Waals surface area contributed by atoms with Crippen molar-refractivity contribution >= 4 is 11.9 Å². The molecule has 1 aromatic carbocycles. The van der Waals surface area contributed by atoms with Gasteiger partial charge < -0.3 is 10.8 Å². The molecule has 18 heavy (non-hydrogen) atoms. The molecule has 96 valence electrons. The lowest BCUT2D eigenvalue weighted by molar-refractivity contribution is -0.140. The quantitative estimate of drug-likeness (QED) is 0.718. The highest BCUT2D eigenvalue weighted by atomic mass is 16.4. The number of amides is 1. The maximum Gasteiger partial charge on any atom is 0.323 e. The van der Waals surface area contributed by atoms with Gasteiger partial charge in [0.15, 0.2) is 0 Å². The van der Waals surface area contributed by atoms with Crippen LogP contribution >= 0.6 is 0 Å². The van der Waals surface area contributed by atoms with Gasteiger partial charge in [-0.25, -0.2) is 0 Å². The van der Waals surface area contributed by atoms with Gasteiger partial charge in [0.2, 0.25) is 5.91 Å². The fraction of sp³-hybridized carbons (Fsp3) is 0.385. The number of hydrogen-bond acceptors (Lipinski definition) is 3. The molecular formula is C13H16N2O3. The Morgan fingerprint density at radius 3 is 2.56 bits per heavy atom. The molecule has 1 amide bonds. The number of primary amides is 1. The molecule has 0 unspecified atom stereocenters. The normalized spacial score (nSPS) is 16.3. The Labute approximate surface area is 105 Å². The Balaban J connectivity index is 2.07. The molecular weight excluding hydrogens is 232 g/mol. The number of aliphatic carboxylic acids is 1. The first-order chi connectivity index (χ1) is 8.44. The van der Waals surface area contributed by atoms with Gasteiger partial charge in [0.25, 0.3) is 0 Å². The summed E-state index contributed by atoms with van der Waals surface area (Å²) in [6, 6.07) is 5.19. The number of carbonyl (C=O) groups is 2. The third kappa shape index (κ3) is 2.36. The Morgan fingerprint density at radius 2 is 2.11 bits per heavy atom. The highest BCUT2D eigenvalue weighted by Crippen LogP contribution is 2.35. The van der Waals surface area contributed by atoms with E-state index in [0.717, 1.165) is 11.1 Å². The van der Waals surface area contributed by atoms with E-state index in [-0.39, 0.29) is 0 Å². The molecule has 1 fully saturated rings. The topological polar surface area (TPSA) is 92.4 Å². The van der Waals surface area contributed by atoms with E-state index >= 15 is 0 Å².